The van der Waals surface area contributed by atoms with E-state index in [1.807, 2.05) is 4.90 Å². The van der Waals surface area contributed by atoms with E-state index in [0.29, 0.717) is 41.5 Å². The van der Waals surface area contributed by atoms with Gasteiger partial charge in [-0.25, -0.2) is 8.78 Å². The van der Waals surface area contributed by atoms with Gasteiger partial charge in [0.05, 0.1) is 22.0 Å². The summed E-state index contributed by atoms with van der Waals surface area (Å²) in [4.78, 5) is 13.2. The van der Waals surface area contributed by atoms with Gasteiger partial charge in [0.1, 0.15) is 11.6 Å². The van der Waals surface area contributed by atoms with Gasteiger partial charge in [-0.3, -0.25) is 9.69 Å². The minimum absolute atomic E-state index is 0.282. The summed E-state index contributed by atoms with van der Waals surface area (Å²) in [6.45, 7) is 0.919. The maximum atomic E-state index is 14.5. The fourth-order valence-electron chi connectivity index (χ4n) is 3.42. The molecule has 3 rings (SSSR count). The molecule has 1 saturated heterocycles. The van der Waals surface area contributed by atoms with Gasteiger partial charge in [-0.1, -0.05) is 41.4 Å². The monoisotopic (exact) mass is 399 g/mol. The first-order valence-corrected chi connectivity index (χ1v) is 8.99. The van der Waals surface area contributed by atoms with Crippen molar-refractivity contribution in [3.05, 3.63) is 69.2 Å². The van der Waals surface area contributed by atoms with Crippen LogP contribution >= 0.6 is 23.2 Å². The van der Waals surface area contributed by atoms with Crippen LogP contribution in [-0.4, -0.2) is 29.1 Å². The van der Waals surface area contributed by atoms with Crippen molar-refractivity contribution >= 4 is 29.2 Å². The largest absolute Gasteiger partial charge is 0.481 e. The number of carbonyl (C=O) groups is 1. The average Bonchev–Trinajstić information content (AvgIpc) is 2.61. The number of rotatable bonds is 4. The number of likely N-dealkylation sites (tertiary alicyclic amines) is 1. The number of nitrogens with zero attached hydrogens (tertiary/aromatic N) is 1. The van der Waals surface area contributed by atoms with E-state index in [-0.39, 0.29) is 5.56 Å². The van der Waals surface area contributed by atoms with Crippen molar-refractivity contribution in [1.29, 1.82) is 0 Å². The summed E-state index contributed by atoms with van der Waals surface area (Å²) in [6.07, 6.45) is 0.902. The Labute approximate surface area is 160 Å². The van der Waals surface area contributed by atoms with Gasteiger partial charge >= 0.3 is 5.97 Å². The molecule has 0 aliphatic carbocycles. The van der Waals surface area contributed by atoms with Gasteiger partial charge in [0.2, 0.25) is 0 Å². The molecule has 1 atom stereocenters. The summed E-state index contributed by atoms with van der Waals surface area (Å²) < 4.78 is 27.9. The maximum absolute atomic E-state index is 14.5. The van der Waals surface area contributed by atoms with E-state index in [1.165, 1.54) is 12.1 Å². The molecule has 3 nitrogen and oxygen atoms in total. The van der Waals surface area contributed by atoms with Crippen LogP contribution in [0.25, 0.3) is 0 Å². The quantitative estimate of drug-likeness (QED) is 0.771. The van der Waals surface area contributed by atoms with Crippen molar-refractivity contribution in [3.8, 4) is 0 Å². The summed E-state index contributed by atoms with van der Waals surface area (Å²) in [5.41, 5.74) is 0.891. The molecule has 2 aromatic carbocycles. The minimum Gasteiger partial charge on any atom is -0.481 e. The van der Waals surface area contributed by atoms with Crippen LogP contribution in [0.1, 0.15) is 30.0 Å². The third-order valence-corrected chi connectivity index (χ3v) is 5.61. The Hall–Kier alpha value is -1.69. The van der Waals surface area contributed by atoms with E-state index in [9.17, 15) is 18.7 Å². The van der Waals surface area contributed by atoms with Gasteiger partial charge in [0.25, 0.3) is 0 Å². The van der Waals surface area contributed by atoms with Crippen LogP contribution in [0.2, 0.25) is 10.0 Å². The lowest BCUT2D eigenvalue weighted by Crippen LogP contribution is -2.39. The molecule has 138 valence electrons. The second-order valence-corrected chi connectivity index (χ2v) is 7.15. The highest BCUT2D eigenvalue weighted by molar-refractivity contribution is 6.42. The van der Waals surface area contributed by atoms with E-state index in [2.05, 4.69) is 0 Å². The molecule has 1 unspecified atom stereocenters. The normalized spacial score (nSPS) is 17.2. The molecule has 0 bridgehead atoms. The van der Waals surface area contributed by atoms with Crippen molar-refractivity contribution in [3.63, 3.8) is 0 Å². The van der Waals surface area contributed by atoms with Gasteiger partial charge < -0.3 is 5.11 Å². The lowest BCUT2D eigenvalue weighted by molar-refractivity contribution is -0.143. The molecule has 2 aromatic rings. The summed E-state index contributed by atoms with van der Waals surface area (Å²) in [5.74, 6) is -2.58. The summed E-state index contributed by atoms with van der Waals surface area (Å²) in [6, 6.07) is 7.99. The molecule has 0 radical (unpaired) electrons. The molecule has 1 heterocycles. The topological polar surface area (TPSA) is 40.5 Å². The van der Waals surface area contributed by atoms with Crippen LogP contribution < -0.4 is 0 Å². The number of benzene rings is 2. The Kier molecular flexibility index (Phi) is 5.80. The van der Waals surface area contributed by atoms with E-state index < -0.39 is 29.6 Å². The Morgan fingerprint density at radius 1 is 1.12 bits per heavy atom. The van der Waals surface area contributed by atoms with Gasteiger partial charge in [-0.05, 0) is 43.6 Å². The maximum Gasteiger partial charge on any atom is 0.306 e. The molecule has 26 heavy (non-hydrogen) atoms. The van der Waals surface area contributed by atoms with Crippen molar-refractivity contribution in [2.45, 2.75) is 18.9 Å². The highest BCUT2D eigenvalue weighted by atomic mass is 35.5. The molecule has 0 spiro atoms. The lowest BCUT2D eigenvalue weighted by atomic mass is 9.91. The van der Waals surface area contributed by atoms with Crippen LogP contribution in [0, 0.1) is 17.6 Å². The van der Waals surface area contributed by atoms with Crippen LogP contribution in [0.3, 0.4) is 0 Å². The SMILES string of the molecule is O=C(O)C1CCN(C(c2ccc(F)cc2F)c2cccc(Cl)c2Cl)CC1. The van der Waals surface area contributed by atoms with Gasteiger partial charge in [-0.2, -0.15) is 0 Å². The molecule has 1 aliphatic heterocycles. The molecule has 0 aromatic heterocycles. The summed E-state index contributed by atoms with van der Waals surface area (Å²) in [7, 11) is 0. The number of carboxylic acid groups (broad SMARTS) is 1. The molecule has 0 saturated carbocycles. The standard InChI is InChI=1S/C19H17Cl2F2NO2/c20-15-3-1-2-14(17(15)21)18(13-5-4-12(22)10-16(13)23)24-8-6-11(7-9-24)19(25)26/h1-5,10-11,18H,6-9H2,(H,25,26). The van der Waals surface area contributed by atoms with E-state index in [0.717, 1.165) is 6.07 Å². The molecular weight excluding hydrogens is 383 g/mol. The summed E-state index contributed by atoms with van der Waals surface area (Å²) in [5, 5.41) is 9.85. The van der Waals surface area contributed by atoms with E-state index in [4.69, 9.17) is 23.2 Å². The predicted octanol–water partition coefficient (Wildman–Crippen LogP) is 5.16. The molecule has 0 amide bonds. The molecule has 1 fully saturated rings. The Morgan fingerprint density at radius 3 is 2.42 bits per heavy atom. The molecule has 1 N–H and O–H groups in total. The number of halogens is 4. The first-order valence-electron chi connectivity index (χ1n) is 8.24. The fourth-order valence-corrected chi connectivity index (χ4v) is 3.83. The number of carboxylic acids is 1. The second-order valence-electron chi connectivity index (χ2n) is 6.36. The first-order chi connectivity index (χ1) is 12.4. The lowest BCUT2D eigenvalue weighted by Gasteiger charge is -2.37. The van der Waals surface area contributed by atoms with Crippen molar-refractivity contribution in [1.82, 2.24) is 4.90 Å². The zero-order chi connectivity index (χ0) is 18.8. The highest BCUT2D eigenvalue weighted by Gasteiger charge is 2.32. The third-order valence-electron chi connectivity index (χ3n) is 4.78. The van der Waals surface area contributed by atoms with E-state index in [1.54, 1.807) is 18.2 Å². The zero-order valence-corrected chi connectivity index (χ0v) is 15.3. The van der Waals surface area contributed by atoms with Crippen LogP contribution in [0.4, 0.5) is 8.78 Å². The molecule has 1 aliphatic rings. The number of aliphatic carboxylic acids is 1. The van der Waals surface area contributed by atoms with Crippen molar-refractivity contribution < 1.29 is 18.7 Å². The number of piperidine rings is 1. The summed E-state index contributed by atoms with van der Waals surface area (Å²) >= 11 is 12.5. The first kappa shape index (κ1) is 19.1. The van der Waals surface area contributed by atoms with Crippen molar-refractivity contribution in [2.24, 2.45) is 5.92 Å². The molecular formula is C19H17Cl2F2NO2. The number of hydrogen-bond acceptors (Lipinski definition) is 2. The second kappa shape index (κ2) is 7.91. The third kappa shape index (κ3) is 3.85. The van der Waals surface area contributed by atoms with Crippen LogP contribution in [0.15, 0.2) is 36.4 Å². The zero-order valence-electron chi connectivity index (χ0n) is 13.8. The Bertz CT molecular complexity index is 823. The minimum atomic E-state index is -0.824. The van der Waals surface area contributed by atoms with Crippen molar-refractivity contribution in [2.75, 3.05) is 13.1 Å². The smallest absolute Gasteiger partial charge is 0.306 e. The van der Waals surface area contributed by atoms with Gasteiger partial charge in [-0.15, -0.1) is 0 Å². The van der Waals surface area contributed by atoms with Crippen LogP contribution in [-0.2, 0) is 4.79 Å². The van der Waals surface area contributed by atoms with Crippen LogP contribution in [0.5, 0.6) is 0 Å². The van der Waals surface area contributed by atoms with Gasteiger partial charge in [0, 0.05) is 11.6 Å². The fraction of sp³-hybridized carbons (Fsp3) is 0.316. The average molecular weight is 400 g/mol. The highest BCUT2D eigenvalue weighted by Crippen LogP contribution is 2.39. The predicted molar refractivity (Wildman–Crippen MR) is 96.6 cm³/mol. The Morgan fingerprint density at radius 2 is 1.81 bits per heavy atom. The Balaban J connectivity index is 2.02. The van der Waals surface area contributed by atoms with Gasteiger partial charge in [0.15, 0.2) is 0 Å². The number of hydrogen-bond donors (Lipinski definition) is 1. The van der Waals surface area contributed by atoms with E-state index >= 15 is 0 Å². The molecule has 7 heteroatoms.